The molecule has 7 heteroatoms. The number of Topliss-reactive ketones (excluding diaryl/α,β-unsaturated/α-hetero) is 1. The number of aldehydes is 1. The quantitative estimate of drug-likeness (QED) is 0.485. The Kier molecular flexibility index (Phi) is 4.50. The summed E-state index contributed by atoms with van der Waals surface area (Å²) in [6, 6.07) is 1.54. The Morgan fingerprint density at radius 2 is 2.06 bits per heavy atom. The summed E-state index contributed by atoms with van der Waals surface area (Å²) in [5.41, 5.74) is -1.78. The van der Waals surface area contributed by atoms with Crippen LogP contribution in [-0.2, 0) is 6.18 Å². The fourth-order valence-electron chi connectivity index (χ4n) is 1.40. The third-order valence-corrected chi connectivity index (χ3v) is 2.74. The number of alkyl halides is 4. The lowest BCUT2D eigenvalue weighted by atomic mass is 10.0. The third kappa shape index (κ3) is 2.90. The number of carbonyl (C=O) groups excluding carboxylic acids is 2. The number of ether oxygens (including phenoxy) is 1. The molecule has 3 nitrogen and oxygen atoms in total. The van der Waals surface area contributed by atoms with Crippen LogP contribution in [-0.4, -0.2) is 24.5 Å². The fraction of sp³-hybridized carbons (Fsp3) is 0.273. The molecule has 0 N–H and O–H groups in total. The predicted molar refractivity (Wildman–Crippen MR) is 61.5 cm³/mol. The van der Waals surface area contributed by atoms with Crippen LogP contribution in [0.15, 0.2) is 12.1 Å². The molecule has 0 spiro atoms. The number of methoxy groups -OCH3 is 1. The van der Waals surface area contributed by atoms with E-state index in [-0.39, 0.29) is 22.9 Å². The number of rotatable bonds is 4. The number of ketones is 1. The number of benzene rings is 1. The Labute approximate surface area is 109 Å². The van der Waals surface area contributed by atoms with Crippen molar-refractivity contribution in [1.29, 1.82) is 0 Å². The highest BCUT2D eigenvalue weighted by Crippen LogP contribution is 2.35. The van der Waals surface area contributed by atoms with Gasteiger partial charge >= 0.3 is 6.18 Å². The summed E-state index contributed by atoms with van der Waals surface area (Å²) >= 11 is 2.90. The summed E-state index contributed by atoms with van der Waals surface area (Å²) in [6.07, 6.45) is -4.62. The third-order valence-electron chi connectivity index (χ3n) is 2.23. The van der Waals surface area contributed by atoms with E-state index in [1.807, 2.05) is 0 Å². The van der Waals surface area contributed by atoms with Crippen LogP contribution < -0.4 is 4.74 Å². The molecule has 0 radical (unpaired) electrons. The summed E-state index contributed by atoms with van der Waals surface area (Å²) in [7, 11) is 1.15. The number of hydrogen-bond acceptors (Lipinski definition) is 3. The highest BCUT2D eigenvalue weighted by Gasteiger charge is 2.35. The Balaban J connectivity index is 3.52. The standard InChI is InChI=1S/C11H8BrF3O3/c1-18-10-3-8(11(13,14)15)6(5-16)2-7(10)9(17)4-12/h2-3,5H,4H2,1H3. The number of hydrogen-bond donors (Lipinski definition) is 0. The molecule has 0 amide bonds. The van der Waals surface area contributed by atoms with E-state index in [4.69, 9.17) is 4.74 Å². The Morgan fingerprint density at radius 1 is 1.44 bits per heavy atom. The average molecular weight is 325 g/mol. The van der Waals surface area contributed by atoms with Crippen LogP contribution in [0.3, 0.4) is 0 Å². The minimum absolute atomic E-state index is 0.0628. The molecule has 0 aromatic heterocycles. The highest BCUT2D eigenvalue weighted by atomic mass is 79.9. The van der Waals surface area contributed by atoms with Crippen molar-refractivity contribution >= 4 is 28.0 Å². The molecular formula is C11H8BrF3O3. The summed E-state index contributed by atoms with van der Waals surface area (Å²) in [6.45, 7) is 0. The lowest BCUT2D eigenvalue weighted by Crippen LogP contribution is -2.12. The van der Waals surface area contributed by atoms with Gasteiger partial charge in [0.15, 0.2) is 12.1 Å². The van der Waals surface area contributed by atoms with Gasteiger partial charge in [0.2, 0.25) is 0 Å². The SMILES string of the molecule is COc1cc(C(F)(F)F)c(C=O)cc1C(=O)CBr. The molecule has 0 atom stereocenters. The molecule has 18 heavy (non-hydrogen) atoms. The van der Waals surface area contributed by atoms with Gasteiger partial charge in [-0.2, -0.15) is 13.2 Å². The molecule has 1 aromatic rings. The van der Waals surface area contributed by atoms with Gasteiger partial charge in [-0.15, -0.1) is 0 Å². The number of carbonyl (C=O) groups is 2. The van der Waals surface area contributed by atoms with E-state index in [0.29, 0.717) is 6.07 Å². The molecule has 1 rings (SSSR count). The first-order chi connectivity index (χ1) is 8.35. The van der Waals surface area contributed by atoms with Gasteiger partial charge in [-0.3, -0.25) is 9.59 Å². The van der Waals surface area contributed by atoms with Crippen molar-refractivity contribution in [1.82, 2.24) is 0 Å². The molecular weight excluding hydrogens is 317 g/mol. The smallest absolute Gasteiger partial charge is 0.417 e. The molecule has 0 aliphatic rings. The van der Waals surface area contributed by atoms with E-state index in [1.165, 1.54) is 0 Å². The maximum absolute atomic E-state index is 12.7. The van der Waals surface area contributed by atoms with Crippen LogP contribution in [0.5, 0.6) is 5.75 Å². The van der Waals surface area contributed by atoms with Crippen LogP contribution in [0.1, 0.15) is 26.3 Å². The monoisotopic (exact) mass is 324 g/mol. The van der Waals surface area contributed by atoms with Crippen molar-refractivity contribution in [2.75, 3.05) is 12.4 Å². The molecule has 98 valence electrons. The summed E-state index contributed by atoms with van der Waals surface area (Å²) in [5.74, 6) is -0.680. The first-order valence-electron chi connectivity index (χ1n) is 4.68. The van der Waals surface area contributed by atoms with Gasteiger partial charge in [0.05, 0.1) is 23.6 Å². The van der Waals surface area contributed by atoms with Gasteiger partial charge in [-0.1, -0.05) is 15.9 Å². The molecule has 0 saturated heterocycles. The Bertz CT molecular complexity index is 483. The highest BCUT2D eigenvalue weighted by molar-refractivity contribution is 9.09. The summed E-state index contributed by atoms with van der Waals surface area (Å²) in [4.78, 5) is 22.2. The van der Waals surface area contributed by atoms with Gasteiger partial charge in [0, 0.05) is 5.56 Å². The second kappa shape index (κ2) is 5.51. The van der Waals surface area contributed by atoms with Crippen molar-refractivity contribution in [3.63, 3.8) is 0 Å². The molecule has 0 aliphatic carbocycles. The molecule has 0 heterocycles. The molecule has 0 saturated carbocycles. The van der Waals surface area contributed by atoms with Gasteiger partial charge < -0.3 is 4.74 Å². The van der Waals surface area contributed by atoms with E-state index in [1.54, 1.807) is 0 Å². The van der Waals surface area contributed by atoms with Gasteiger partial charge in [0.1, 0.15) is 5.75 Å². The largest absolute Gasteiger partial charge is 0.496 e. The fourth-order valence-corrected chi connectivity index (χ4v) is 1.70. The van der Waals surface area contributed by atoms with Crippen molar-refractivity contribution < 1.29 is 27.5 Å². The summed E-state index contributed by atoms with van der Waals surface area (Å²) in [5, 5.41) is -0.0764. The first-order valence-corrected chi connectivity index (χ1v) is 5.80. The normalized spacial score (nSPS) is 11.2. The van der Waals surface area contributed by atoms with E-state index >= 15 is 0 Å². The zero-order valence-electron chi connectivity index (χ0n) is 9.18. The van der Waals surface area contributed by atoms with Crippen LogP contribution >= 0.6 is 15.9 Å². The molecule has 0 bridgehead atoms. The van der Waals surface area contributed by atoms with E-state index in [9.17, 15) is 22.8 Å². The zero-order valence-corrected chi connectivity index (χ0v) is 10.8. The maximum Gasteiger partial charge on any atom is 0.417 e. The molecule has 1 aromatic carbocycles. The van der Waals surface area contributed by atoms with Gasteiger partial charge in [-0.05, 0) is 12.1 Å². The zero-order chi connectivity index (χ0) is 13.9. The van der Waals surface area contributed by atoms with Crippen LogP contribution in [0.2, 0.25) is 0 Å². The van der Waals surface area contributed by atoms with Crippen molar-refractivity contribution in [3.05, 3.63) is 28.8 Å². The van der Waals surface area contributed by atoms with Crippen LogP contribution in [0.25, 0.3) is 0 Å². The van der Waals surface area contributed by atoms with Crippen LogP contribution in [0, 0.1) is 0 Å². The predicted octanol–water partition coefficient (Wildman–Crippen LogP) is 3.10. The molecule has 0 fully saturated rings. The van der Waals surface area contributed by atoms with E-state index in [2.05, 4.69) is 15.9 Å². The Hall–Kier alpha value is -1.37. The molecule has 0 aliphatic heterocycles. The van der Waals surface area contributed by atoms with Crippen molar-refractivity contribution in [2.45, 2.75) is 6.18 Å². The van der Waals surface area contributed by atoms with E-state index in [0.717, 1.165) is 13.2 Å². The maximum atomic E-state index is 12.7. The lowest BCUT2D eigenvalue weighted by molar-refractivity contribution is -0.137. The van der Waals surface area contributed by atoms with Gasteiger partial charge in [0.25, 0.3) is 0 Å². The van der Waals surface area contributed by atoms with Crippen LogP contribution in [0.4, 0.5) is 13.2 Å². The number of halogens is 4. The lowest BCUT2D eigenvalue weighted by Gasteiger charge is -2.14. The minimum atomic E-state index is -4.68. The minimum Gasteiger partial charge on any atom is -0.496 e. The first kappa shape index (κ1) is 14.7. The second-order valence-corrected chi connectivity index (χ2v) is 3.87. The topological polar surface area (TPSA) is 43.4 Å². The Morgan fingerprint density at radius 3 is 2.44 bits per heavy atom. The second-order valence-electron chi connectivity index (χ2n) is 3.31. The van der Waals surface area contributed by atoms with Crippen molar-refractivity contribution in [3.8, 4) is 5.75 Å². The van der Waals surface area contributed by atoms with E-state index < -0.39 is 23.1 Å². The summed E-state index contributed by atoms with van der Waals surface area (Å²) < 4.78 is 42.7. The van der Waals surface area contributed by atoms with Gasteiger partial charge in [-0.25, -0.2) is 0 Å². The average Bonchev–Trinajstić information content (AvgIpc) is 2.34. The van der Waals surface area contributed by atoms with Crippen molar-refractivity contribution in [2.24, 2.45) is 0 Å². The molecule has 0 unspecified atom stereocenters.